The highest BCUT2D eigenvalue weighted by Crippen LogP contribution is 2.33. The molecule has 1 fully saturated rings. The van der Waals surface area contributed by atoms with Gasteiger partial charge in [-0.2, -0.15) is 0 Å². The van der Waals surface area contributed by atoms with Crippen LogP contribution in [0, 0.1) is 17.6 Å². The van der Waals surface area contributed by atoms with E-state index < -0.39 is 17.2 Å². The van der Waals surface area contributed by atoms with Crippen LogP contribution < -0.4 is 5.32 Å². The zero-order valence-corrected chi connectivity index (χ0v) is 12.0. The van der Waals surface area contributed by atoms with Gasteiger partial charge >= 0.3 is 0 Å². The van der Waals surface area contributed by atoms with E-state index in [-0.39, 0.29) is 0 Å². The number of hydrogen-bond acceptors (Lipinski definition) is 2. The van der Waals surface area contributed by atoms with Crippen LogP contribution in [-0.2, 0) is 6.54 Å². The Morgan fingerprint density at radius 1 is 1.20 bits per heavy atom. The molecule has 4 heteroatoms. The van der Waals surface area contributed by atoms with Crippen molar-refractivity contribution in [3.8, 4) is 0 Å². The number of hydrogen-bond donors (Lipinski definition) is 2. The van der Waals surface area contributed by atoms with Gasteiger partial charge in [-0.25, -0.2) is 8.78 Å². The Balaban J connectivity index is 1.80. The Bertz CT molecular complexity index is 422. The molecule has 1 saturated carbocycles. The van der Waals surface area contributed by atoms with Crippen molar-refractivity contribution in [1.29, 1.82) is 0 Å². The van der Waals surface area contributed by atoms with Crippen molar-refractivity contribution in [3.63, 3.8) is 0 Å². The van der Waals surface area contributed by atoms with Crippen molar-refractivity contribution in [2.24, 2.45) is 5.92 Å². The van der Waals surface area contributed by atoms with Gasteiger partial charge in [0.25, 0.3) is 0 Å². The molecule has 2 N–H and O–H groups in total. The Morgan fingerprint density at radius 2 is 1.80 bits per heavy atom. The highest BCUT2D eigenvalue weighted by molar-refractivity contribution is 5.17. The summed E-state index contributed by atoms with van der Waals surface area (Å²) in [5.74, 6) is -0.402. The molecule has 0 atom stereocenters. The molecule has 20 heavy (non-hydrogen) atoms. The van der Waals surface area contributed by atoms with E-state index in [4.69, 9.17) is 0 Å². The Labute approximate surface area is 119 Å². The topological polar surface area (TPSA) is 32.3 Å². The predicted molar refractivity (Wildman–Crippen MR) is 75.3 cm³/mol. The van der Waals surface area contributed by atoms with Crippen LogP contribution in [-0.4, -0.2) is 17.3 Å². The van der Waals surface area contributed by atoms with E-state index in [0.29, 0.717) is 18.7 Å². The number of aliphatic hydroxyl groups is 1. The summed E-state index contributed by atoms with van der Waals surface area (Å²) in [5, 5.41) is 13.6. The summed E-state index contributed by atoms with van der Waals surface area (Å²) < 4.78 is 26.1. The number of nitrogens with one attached hydrogen (secondary N) is 1. The minimum absolute atomic E-state index is 0.369. The first-order valence-electron chi connectivity index (χ1n) is 7.39. The van der Waals surface area contributed by atoms with Gasteiger partial charge in [0.2, 0.25) is 0 Å². The van der Waals surface area contributed by atoms with Crippen LogP contribution in [0.15, 0.2) is 18.2 Å². The number of benzene rings is 1. The maximum absolute atomic E-state index is 13.1. The molecule has 1 aliphatic carbocycles. The van der Waals surface area contributed by atoms with Crippen LogP contribution in [0.5, 0.6) is 0 Å². The molecule has 0 aromatic heterocycles. The molecule has 0 amide bonds. The summed E-state index contributed by atoms with van der Waals surface area (Å²) in [6.07, 6.45) is 4.89. The molecule has 1 aromatic carbocycles. The van der Waals surface area contributed by atoms with E-state index in [0.717, 1.165) is 37.7 Å². The van der Waals surface area contributed by atoms with Crippen LogP contribution in [0.4, 0.5) is 8.78 Å². The second-order valence-corrected chi connectivity index (χ2v) is 5.96. The van der Waals surface area contributed by atoms with Crippen molar-refractivity contribution in [3.05, 3.63) is 35.4 Å². The summed E-state index contributed by atoms with van der Waals surface area (Å²) in [6, 6.07) is 3.49. The second-order valence-electron chi connectivity index (χ2n) is 5.96. The van der Waals surface area contributed by atoms with Gasteiger partial charge in [-0.3, -0.25) is 0 Å². The molecule has 112 valence electrons. The van der Waals surface area contributed by atoms with Crippen molar-refractivity contribution in [2.45, 2.75) is 51.2 Å². The fourth-order valence-electron chi connectivity index (χ4n) is 2.95. The van der Waals surface area contributed by atoms with E-state index in [1.54, 1.807) is 0 Å². The molecule has 0 spiro atoms. The molecule has 1 aromatic rings. The van der Waals surface area contributed by atoms with Crippen molar-refractivity contribution < 1.29 is 13.9 Å². The van der Waals surface area contributed by atoms with E-state index >= 15 is 0 Å². The SMILES string of the molecule is CCC1CCC(O)(CNCc2cc(F)cc(F)c2)CC1. The van der Waals surface area contributed by atoms with E-state index in [2.05, 4.69) is 12.2 Å². The zero-order chi connectivity index (χ0) is 14.6. The zero-order valence-electron chi connectivity index (χ0n) is 12.0. The lowest BCUT2D eigenvalue weighted by Gasteiger charge is -2.36. The van der Waals surface area contributed by atoms with Crippen molar-refractivity contribution in [2.75, 3.05) is 6.54 Å². The third-order valence-corrected chi connectivity index (χ3v) is 4.32. The first-order chi connectivity index (χ1) is 9.50. The summed E-state index contributed by atoms with van der Waals surface area (Å²) in [5.41, 5.74) is -0.106. The maximum atomic E-state index is 13.1. The molecule has 0 saturated heterocycles. The molecule has 2 nitrogen and oxygen atoms in total. The van der Waals surface area contributed by atoms with Gasteiger partial charge in [0.1, 0.15) is 11.6 Å². The molecule has 0 bridgehead atoms. The normalized spacial score (nSPS) is 26.7. The summed E-state index contributed by atoms with van der Waals surface area (Å²) in [6.45, 7) is 3.03. The van der Waals surface area contributed by atoms with Gasteiger partial charge in [-0.1, -0.05) is 13.3 Å². The number of rotatable bonds is 5. The van der Waals surface area contributed by atoms with Crippen LogP contribution in [0.25, 0.3) is 0 Å². The van der Waals surface area contributed by atoms with Gasteiger partial charge in [0.05, 0.1) is 5.60 Å². The van der Waals surface area contributed by atoms with E-state index in [1.807, 2.05) is 0 Å². The third kappa shape index (κ3) is 4.25. The maximum Gasteiger partial charge on any atom is 0.126 e. The molecule has 0 aliphatic heterocycles. The van der Waals surface area contributed by atoms with Crippen molar-refractivity contribution >= 4 is 0 Å². The highest BCUT2D eigenvalue weighted by atomic mass is 19.1. The van der Waals surface area contributed by atoms with Gasteiger partial charge in [0, 0.05) is 19.2 Å². The van der Waals surface area contributed by atoms with Gasteiger partial charge in [0.15, 0.2) is 0 Å². The van der Waals surface area contributed by atoms with Gasteiger partial charge < -0.3 is 10.4 Å². The molecule has 2 rings (SSSR count). The predicted octanol–water partition coefficient (Wildman–Crippen LogP) is 3.39. The second kappa shape index (κ2) is 6.64. The average molecular weight is 283 g/mol. The Kier molecular flexibility index (Phi) is 5.11. The van der Waals surface area contributed by atoms with Gasteiger partial charge in [-0.05, 0) is 49.3 Å². The third-order valence-electron chi connectivity index (χ3n) is 4.32. The van der Waals surface area contributed by atoms with Crippen LogP contribution in [0.3, 0.4) is 0 Å². The van der Waals surface area contributed by atoms with E-state index in [9.17, 15) is 13.9 Å². The molecule has 0 radical (unpaired) electrons. The Morgan fingerprint density at radius 3 is 2.35 bits per heavy atom. The molecule has 0 unspecified atom stereocenters. The van der Waals surface area contributed by atoms with Crippen LogP contribution in [0.1, 0.15) is 44.6 Å². The molecule has 1 aliphatic rings. The lowest BCUT2D eigenvalue weighted by molar-refractivity contribution is -0.00881. The summed E-state index contributed by atoms with van der Waals surface area (Å²) in [4.78, 5) is 0. The fraction of sp³-hybridized carbons (Fsp3) is 0.625. The molecule has 0 heterocycles. The smallest absolute Gasteiger partial charge is 0.126 e. The van der Waals surface area contributed by atoms with Crippen molar-refractivity contribution in [1.82, 2.24) is 5.32 Å². The van der Waals surface area contributed by atoms with Crippen LogP contribution >= 0.6 is 0 Å². The summed E-state index contributed by atoms with van der Waals surface area (Å²) in [7, 11) is 0. The minimum atomic E-state index is -0.669. The van der Waals surface area contributed by atoms with Crippen LogP contribution in [0.2, 0.25) is 0 Å². The quantitative estimate of drug-likeness (QED) is 0.868. The van der Waals surface area contributed by atoms with E-state index in [1.165, 1.54) is 18.6 Å². The monoisotopic (exact) mass is 283 g/mol. The number of halogens is 2. The Hall–Kier alpha value is -1.00. The summed E-state index contributed by atoms with van der Waals surface area (Å²) >= 11 is 0. The minimum Gasteiger partial charge on any atom is -0.389 e. The standard InChI is InChI=1S/C16H23F2NO/c1-2-12-3-5-16(20,6-4-12)11-19-10-13-7-14(17)9-15(18)8-13/h7-9,12,19-20H,2-6,10-11H2,1H3. The average Bonchev–Trinajstić information content (AvgIpc) is 2.38. The lowest BCUT2D eigenvalue weighted by atomic mass is 9.78. The molecular formula is C16H23F2NO. The first kappa shape index (κ1) is 15.4. The highest BCUT2D eigenvalue weighted by Gasteiger charge is 2.32. The molecular weight excluding hydrogens is 260 g/mol. The fourth-order valence-corrected chi connectivity index (χ4v) is 2.95. The largest absolute Gasteiger partial charge is 0.389 e. The lowest BCUT2D eigenvalue weighted by Crippen LogP contribution is -2.43. The van der Waals surface area contributed by atoms with Gasteiger partial charge in [-0.15, -0.1) is 0 Å². The first-order valence-corrected chi connectivity index (χ1v) is 7.39.